The van der Waals surface area contributed by atoms with Crippen molar-refractivity contribution >= 4 is 46.2 Å². The molecule has 0 aliphatic carbocycles. The molecule has 0 saturated heterocycles. The van der Waals surface area contributed by atoms with Gasteiger partial charge in [-0.3, -0.25) is 0 Å². The molecule has 0 amide bonds. The SMILES string of the molecule is CN(Cc1ccc(Cl)cc1Cl)c1cc(Cl)ccc1N. The zero-order valence-electron chi connectivity index (χ0n) is 10.3. The first-order chi connectivity index (χ1) is 8.97. The predicted molar refractivity (Wildman–Crippen MR) is 84.4 cm³/mol. The van der Waals surface area contributed by atoms with Crippen LogP contribution in [0, 0.1) is 0 Å². The third-order valence-corrected chi connectivity index (χ3v) is 3.65. The van der Waals surface area contributed by atoms with Crippen LogP contribution in [0.2, 0.25) is 15.1 Å². The molecule has 2 aromatic rings. The standard InChI is InChI=1S/C14H13Cl3N2/c1-19(14-7-11(16)4-5-13(14)18)8-9-2-3-10(15)6-12(9)17/h2-7H,8,18H2,1H3. The molecule has 0 spiro atoms. The van der Waals surface area contributed by atoms with Crippen molar-refractivity contribution in [1.82, 2.24) is 0 Å². The molecule has 19 heavy (non-hydrogen) atoms. The van der Waals surface area contributed by atoms with E-state index in [4.69, 9.17) is 40.5 Å². The minimum Gasteiger partial charge on any atom is -0.397 e. The second-order valence-electron chi connectivity index (χ2n) is 4.29. The Morgan fingerprint density at radius 1 is 1.00 bits per heavy atom. The van der Waals surface area contributed by atoms with Gasteiger partial charge < -0.3 is 10.6 Å². The number of hydrogen-bond acceptors (Lipinski definition) is 2. The summed E-state index contributed by atoms with van der Waals surface area (Å²) in [6.07, 6.45) is 0. The van der Waals surface area contributed by atoms with Gasteiger partial charge in [0.2, 0.25) is 0 Å². The van der Waals surface area contributed by atoms with Gasteiger partial charge in [0.25, 0.3) is 0 Å². The largest absolute Gasteiger partial charge is 0.397 e. The molecule has 0 radical (unpaired) electrons. The summed E-state index contributed by atoms with van der Waals surface area (Å²) in [4.78, 5) is 2.00. The number of halogens is 3. The molecular formula is C14H13Cl3N2. The lowest BCUT2D eigenvalue weighted by Crippen LogP contribution is -2.18. The third-order valence-electron chi connectivity index (χ3n) is 2.83. The van der Waals surface area contributed by atoms with Crippen LogP contribution in [0.25, 0.3) is 0 Å². The molecule has 0 unspecified atom stereocenters. The van der Waals surface area contributed by atoms with Gasteiger partial charge in [0.1, 0.15) is 0 Å². The highest BCUT2D eigenvalue weighted by Crippen LogP contribution is 2.29. The average Bonchev–Trinajstić information content (AvgIpc) is 2.35. The lowest BCUT2D eigenvalue weighted by molar-refractivity contribution is 0.925. The zero-order valence-corrected chi connectivity index (χ0v) is 12.6. The van der Waals surface area contributed by atoms with E-state index in [0.29, 0.717) is 27.3 Å². The summed E-state index contributed by atoms with van der Waals surface area (Å²) in [5.74, 6) is 0. The highest BCUT2D eigenvalue weighted by atomic mass is 35.5. The summed E-state index contributed by atoms with van der Waals surface area (Å²) < 4.78 is 0. The molecule has 0 aliphatic heterocycles. The second-order valence-corrected chi connectivity index (χ2v) is 5.58. The van der Waals surface area contributed by atoms with Gasteiger partial charge in [-0.15, -0.1) is 0 Å². The Morgan fingerprint density at radius 2 is 1.63 bits per heavy atom. The number of nitrogen functional groups attached to an aromatic ring is 1. The molecule has 0 atom stereocenters. The molecule has 0 bridgehead atoms. The first-order valence-electron chi connectivity index (χ1n) is 5.67. The van der Waals surface area contributed by atoms with E-state index in [1.54, 1.807) is 18.2 Å². The molecule has 2 N–H and O–H groups in total. The lowest BCUT2D eigenvalue weighted by atomic mass is 10.2. The molecule has 2 nitrogen and oxygen atoms in total. The van der Waals surface area contributed by atoms with E-state index in [2.05, 4.69) is 0 Å². The van der Waals surface area contributed by atoms with Gasteiger partial charge in [0.15, 0.2) is 0 Å². The highest BCUT2D eigenvalue weighted by Gasteiger charge is 2.09. The Hall–Kier alpha value is -1.09. The Morgan fingerprint density at radius 3 is 2.32 bits per heavy atom. The van der Waals surface area contributed by atoms with Crippen LogP contribution in [0.5, 0.6) is 0 Å². The van der Waals surface area contributed by atoms with E-state index in [1.807, 2.05) is 30.1 Å². The van der Waals surface area contributed by atoms with Crippen molar-refractivity contribution in [3.63, 3.8) is 0 Å². The number of nitrogens with two attached hydrogens (primary N) is 1. The first kappa shape index (κ1) is 14.3. The molecule has 0 saturated carbocycles. The maximum Gasteiger partial charge on any atom is 0.0615 e. The molecule has 2 aromatic carbocycles. The summed E-state index contributed by atoms with van der Waals surface area (Å²) in [5.41, 5.74) is 8.48. The minimum absolute atomic E-state index is 0.624. The first-order valence-corrected chi connectivity index (χ1v) is 6.81. The van der Waals surface area contributed by atoms with E-state index in [-0.39, 0.29) is 0 Å². The maximum absolute atomic E-state index is 6.16. The van der Waals surface area contributed by atoms with Crippen LogP contribution in [-0.4, -0.2) is 7.05 Å². The molecule has 0 aromatic heterocycles. The smallest absolute Gasteiger partial charge is 0.0615 e. The number of rotatable bonds is 3. The van der Waals surface area contributed by atoms with Crippen molar-refractivity contribution in [2.75, 3.05) is 17.7 Å². The molecule has 5 heteroatoms. The highest BCUT2D eigenvalue weighted by molar-refractivity contribution is 6.35. The quantitative estimate of drug-likeness (QED) is 0.819. The van der Waals surface area contributed by atoms with E-state index in [0.717, 1.165) is 11.3 Å². The number of hydrogen-bond donors (Lipinski definition) is 1. The third kappa shape index (κ3) is 3.47. The van der Waals surface area contributed by atoms with Crippen LogP contribution in [0.4, 0.5) is 11.4 Å². The summed E-state index contributed by atoms with van der Waals surface area (Å²) in [7, 11) is 1.94. The summed E-state index contributed by atoms with van der Waals surface area (Å²) in [6, 6.07) is 10.8. The number of anilines is 2. The van der Waals surface area contributed by atoms with Crippen LogP contribution in [0.1, 0.15) is 5.56 Å². The van der Waals surface area contributed by atoms with Gasteiger partial charge >= 0.3 is 0 Å². The van der Waals surface area contributed by atoms with Crippen LogP contribution in [0.15, 0.2) is 36.4 Å². The number of nitrogens with zero attached hydrogens (tertiary/aromatic N) is 1. The fourth-order valence-electron chi connectivity index (χ4n) is 1.84. The Bertz CT molecular complexity index is 599. The zero-order chi connectivity index (χ0) is 14.0. The van der Waals surface area contributed by atoms with E-state index >= 15 is 0 Å². The predicted octanol–water partition coefficient (Wildman–Crippen LogP) is 4.87. The van der Waals surface area contributed by atoms with Crippen molar-refractivity contribution in [1.29, 1.82) is 0 Å². The monoisotopic (exact) mass is 314 g/mol. The second kappa shape index (κ2) is 5.91. The van der Waals surface area contributed by atoms with Crippen LogP contribution >= 0.6 is 34.8 Å². The van der Waals surface area contributed by atoms with Gasteiger partial charge in [-0.05, 0) is 35.9 Å². The molecule has 2 rings (SSSR count). The maximum atomic E-state index is 6.16. The minimum atomic E-state index is 0.624. The van der Waals surface area contributed by atoms with Gasteiger partial charge in [-0.1, -0.05) is 40.9 Å². The van der Waals surface area contributed by atoms with Gasteiger partial charge in [0, 0.05) is 28.7 Å². The van der Waals surface area contributed by atoms with Gasteiger partial charge in [0.05, 0.1) is 11.4 Å². The van der Waals surface area contributed by atoms with Crippen molar-refractivity contribution < 1.29 is 0 Å². The normalized spacial score (nSPS) is 10.5. The summed E-state index contributed by atoms with van der Waals surface area (Å²) in [5, 5.41) is 1.91. The fourth-order valence-corrected chi connectivity index (χ4v) is 2.47. The van der Waals surface area contributed by atoms with E-state index in [1.165, 1.54) is 0 Å². The summed E-state index contributed by atoms with van der Waals surface area (Å²) >= 11 is 18.0. The van der Waals surface area contributed by atoms with Crippen LogP contribution in [0.3, 0.4) is 0 Å². The van der Waals surface area contributed by atoms with Gasteiger partial charge in [-0.2, -0.15) is 0 Å². The molecule has 0 fully saturated rings. The molecule has 100 valence electrons. The van der Waals surface area contributed by atoms with Crippen molar-refractivity contribution in [3.8, 4) is 0 Å². The fraction of sp³-hybridized carbons (Fsp3) is 0.143. The molecular weight excluding hydrogens is 303 g/mol. The van der Waals surface area contributed by atoms with Crippen molar-refractivity contribution in [2.45, 2.75) is 6.54 Å². The summed E-state index contributed by atoms with van der Waals surface area (Å²) in [6.45, 7) is 0.626. The van der Waals surface area contributed by atoms with Crippen LogP contribution in [-0.2, 0) is 6.54 Å². The van der Waals surface area contributed by atoms with E-state index in [9.17, 15) is 0 Å². The Balaban J connectivity index is 2.25. The molecule has 0 heterocycles. The lowest BCUT2D eigenvalue weighted by Gasteiger charge is -2.22. The van der Waals surface area contributed by atoms with Crippen LogP contribution < -0.4 is 10.6 Å². The average molecular weight is 316 g/mol. The van der Waals surface area contributed by atoms with Gasteiger partial charge in [-0.25, -0.2) is 0 Å². The van der Waals surface area contributed by atoms with Crippen molar-refractivity contribution in [3.05, 3.63) is 57.0 Å². The van der Waals surface area contributed by atoms with Crippen molar-refractivity contribution in [2.24, 2.45) is 0 Å². The number of benzene rings is 2. The Kier molecular flexibility index (Phi) is 4.46. The van der Waals surface area contributed by atoms with E-state index < -0.39 is 0 Å². The Labute approximate surface area is 127 Å². The topological polar surface area (TPSA) is 29.3 Å². The molecule has 0 aliphatic rings.